The average molecular weight is 463 g/mol. The van der Waals surface area contributed by atoms with Gasteiger partial charge in [-0.3, -0.25) is 0 Å². The Bertz CT molecular complexity index is 1240. The molecule has 0 bridgehead atoms. The zero-order valence-corrected chi connectivity index (χ0v) is 20.8. The van der Waals surface area contributed by atoms with Crippen LogP contribution in [0.3, 0.4) is 0 Å². The first-order chi connectivity index (χ1) is 16.7. The van der Waals surface area contributed by atoms with E-state index in [1.807, 2.05) is 60.7 Å². The molecule has 176 valence electrons. The number of benzene rings is 2. The molecule has 1 aliphatic heterocycles. The van der Waals surface area contributed by atoms with Crippen molar-refractivity contribution in [3.63, 3.8) is 0 Å². The van der Waals surface area contributed by atoms with Crippen LogP contribution in [-0.2, 0) is 9.31 Å². The van der Waals surface area contributed by atoms with E-state index in [-0.39, 0.29) is 0 Å². The van der Waals surface area contributed by atoms with Crippen LogP contribution in [0.5, 0.6) is 0 Å². The molecule has 0 saturated carbocycles. The summed E-state index contributed by atoms with van der Waals surface area (Å²) in [6.07, 6.45) is 5.68. The van der Waals surface area contributed by atoms with E-state index in [1.165, 1.54) is 0 Å². The second kappa shape index (κ2) is 9.02. The number of hydrogen-bond acceptors (Lipinski definition) is 5. The lowest BCUT2D eigenvalue weighted by molar-refractivity contribution is 0.00578. The Balaban J connectivity index is 1.60. The van der Waals surface area contributed by atoms with Gasteiger partial charge in [-0.25, -0.2) is 15.0 Å². The molecular formula is C29H30BN3O2. The lowest BCUT2D eigenvalue weighted by Gasteiger charge is -2.32. The van der Waals surface area contributed by atoms with Gasteiger partial charge >= 0.3 is 7.12 Å². The normalized spacial score (nSPS) is 19.2. The number of allylic oxidation sites excluding steroid dienone is 5. The fourth-order valence-electron chi connectivity index (χ4n) is 4.15. The fourth-order valence-corrected chi connectivity index (χ4v) is 4.15. The van der Waals surface area contributed by atoms with Gasteiger partial charge in [0.25, 0.3) is 0 Å². The van der Waals surface area contributed by atoms with Gasteiger partial charge in [-0.2, -0.15) is 0 Å². The van der Waals surface area contributed by atoms with Gasteiger partial charge in [-0.15, -0.1) is 0 Å². The monoisotopic (exact) mass is 463 g/mol. The minimum Gasteiger partial charge on any atom is -0.399 e. The van der Waals surface area contributed by atoms with Crippen LogP contribution >= 0.6 is 0 Å². The third-order valence-corrected chi connectivity index (χ3v) is 6.92. The molecule has 0 amide bonds. The molecule has 35 heavy (non-hydrogen) atoms. The van der Waals surface area contributed by atoms with Gasteiger partial charge in [-0.05, 0) is 46.0 Å². The summed E-state index contributed by atoms with van der Waals surface area (Å²) in [7, 11) is -0.454. The van der Waals surface area contributed by atoms with Crippen molar-refractivity contribution in [2.24, 2.45) is 0 Å². The zero-order chi connectivity index (χ0) is 24.6. The summed E-state index contributed by atoms with van der Waals surface area (Å²) in [6, 6.07) is 20.0. The van der Waals surface area contributed by atoms with Crippen molar-refractivity contribution in [3.8, 4) is 22.8 Å². The Hall–Kier alpha value is -3.35. The van der Waals surface area contributed by atoms with Gasteiger partial charge < -0.3 is 9.31 Å². The van der Waals surface area contributed by atoms with Gasteiger partial charge in [-0.1, -0.05) is 85.0 Å². The van der Waals surface area contributed by atoms with Crippen molar-refractivity contribution < 1.29 is 9.31 Å². The Labute approximate surface area is 207 Å². The van der Waals surface area contributed by atoms with Crippen LogP contribution in [0.1, 0.15) is 46.4 Å². The van der Waals surface area contributed by atoms with Gasteiger partial charge in [0.2, 0.25) is 0 Å². The summed E-state index contributed by atoms with van der Waals surface area (Å²) in [5, 5.41) is 0. The predicted molar refractivity (Wildman–Crippen MR) is 141 cm³/mol. The maximum Gasteiger partial charge on any atom is 0.494 e. The van der Waals surface area contributed by atoms with Crippen LogP contribution in [0.2, 0.25) is 0 Å². The third kappa shape index (κ3) is 4.77. The van der Waals surface area contributed by atoms with Crippen LogP contribution in [0.4, 0.5) is 0 Å². The van der Waals surface area contributed by atoms with Crippen LogP contribution < -0.4 is 0 Å². The summed E-state index contributed by atoms with van der Waals surface area (Å²) >= 11 is 0. The summed E-state index contributed by atoms with van der Waals surface area (Å²) in [4.78, 5) is 14.6. The van der Waals surface area contributed by atoms with E-state index in [0.29, 0.717) is 23.9 Å². The van der Waals surface area contributed by atoms with Crippen molar-refractivity contribution in [1.82, 2.24) is 15.0 Å². The molecule has 0 atom stereocenters. The second-order valence-electron chi connectivity index (χ2n) is 10.1. The van der Waals surface area contributed by atoms with E-state index in [4.69, 9.17) is 24.3 Å². The van der Waals surface area contributed by atoms with Gasteiger partial charge in [0.15, 0.2) is 17.5 Å². The van der Waals surface area contributed by atoms with Crippen molar-refractivity contribution in [2.75, 3.05) is 0 Å². The molecule has 1 aromatic heterocycles. The molecule has 2 aromatic carbocycles. The lowest BCUT2D eigenvalue weighted by atomic mass is 9.77. The van der Waals surface area contributed by atoms with E-state index in [2.05, 4.69) is 46.4 Å². The molecule has 1 aliphatic carbocycles. The Morgan fingerprint density at radius 1 is 0.743 bits per heavy atom. The molecule has 1 saturated heterocycles. The highest BCUT2D eigenvalue weighted by molar-refractivity contribution is 6.55. The van der Waals surface area contributed by atoms with Crippen LogP contribution in [0.25, 0.3) is 28.3 Å². The first kappa shape index (κ1) is 23.4. The number of rotatable bonds is 4. The Morgan fingerprint density at radius 3 is 1.74 bits per heavy atom. The Morgan fingerprint density at radius 2 is 1.23 bits per heavy atom. The maximum atomic E-state index is 6.35. The summed E-state index contributed by atoms with van der Waals surface area (Å²) in [6.45, 7) is 12.6. The number of aromatic nitrogens is 3. The molecule has 0 spiro atoms. The second-order valence-corrected chi connectivity index (χ2v) is 10.1. The van der Waals surface area contributed by atoms with Crippen molar-refractivity contribution in [2.45, 2.75) is 51.7 Å². The van der Waals surface area contributed by atoms with Gasteiger partial charge in [0, 0.05) is 16.7 Å². The summed E-state index contributed by atoms with van der Waals surface area (Å²) < 4.78 is 12.7. The maximum absolute atomic E-state index is 6.35. The molecule has 0 radical (unpaired) electrons. The molecule has 5 nitrogen and oxygen atoms in total. The topological polar surface area (TPSA) is 57.1 Å². The zero-order valence-electron chi connectivity index (χ0n) is 20.8. The highest BCUT2D eigenvalue weighted by Crippen LogP contribution is 2.40. The van der Waals surface area contributed by atoms with E-state index >= 15 is 0 Å². The summed E-state index contributed by atoms with van der Waals surface area (Å²) in [5.74, 6) is 1.93. The van der Waals surface area contributed by atoms with E-state index in [9.17, 15) is 0 Å². The van der Waals surface area contributed by atoms with Gasteiger partial charge in [0.05, 0.1) is 11.2 Å². The van der Waals surface area contributed by atoms with Crippen LogP contribution in [-0.4, -0.2) is 33.3 Å². The standard InChI is InChI=1S/C29H30BN3O2/c1-20-16-17-24(30-34-28(2,3)29(4,5)35-30)19-23(18-20)27-32-25(21-12-8-6-9-13-21)31-26(33-27)22-14-10-7-11-15-22/h6-15,17,19H,1,16,18H2,2-5H3. The van der Waals surface area contributed by atoms with Crippen LogP contribution in [0, 0.1) is 0 Å². The quantitative estimate of drug-likeness (QED) is 0.327. The smallest absolute Gasteiger partial charge is 0.399 e. The molecule has 5 rings (SSSR count). The highest BCUT2D eigenvalue weighted by Gasteiger charge is 2.52. The van der Waals surface area contributed by atoms with Gasteiger partial charge in [0.1, 0.15) is 0 Å². The molecule has 2 heterocycles. The van der Waals surface area contributed by atoms with Crippen molar-refractivity contribution >= 4 is 12.7 Å². The first-order valence-electron chi connectivity index (χ1n) is 12.0. The van der Waals surface area contributed by atoms with E-state index < -0.39 is 18.3 Å². The molecule has 0 N–H and O–H groups in total. The minimum atomic E-state index is -0.454. The number of hydrogen-bond donors (Lipinski definition) is 0. The van der Waals surface area contributed by atoms with E-state index in [0.717, 1.165) is 34.2 Å². The average Bonchev–Trinajstić information content (AvgIpc) is 2.97. The first-order valence-corrected chi connectivity index (χ1v) is 12.0. The lowest BCUT2D eigenvalue weighted by Crippen LogP contribution is -2.41. The third-order valence-electron chi connectivity index (χ3n) is 6.92. The van der Waals surface area contributed by atoms with Crippen molar-refractivity contribution in [3.05, 3.63) is 96.3 Å². The fraction of sp³-hybridized carbons (Fsp3) is 0.276. The van der Waals surface area contributed by atoms with E-state index in [1.54, 1.807) is 0 Å². The minimum absolute atomic E-state index is 0.413. The molecule has 2 aliphatic rings. The molecule has 3 aromatic rings. The molecule has 0 unspecified atom stereocenters. The number of nitrogens with zero attached hydrogens (tertiary/aromatic N) is 3. The molecule has 6 heteroatoms. The molecule has 1 fully saturated rings. The largest absolute Gasteiger partial charge is 0.494 e. The predicted octanol–water partition coefficient (Wildman–Crippen LogP) is 6.50. The summed E-state index contributed by atoms with van der Waals surface area (Å²) in [5.41, 5.74) is 4.11. The highest BCUT2D eigenvalue weighted by atomic mass is 16.7. The van der Waals surface area contributed by atoms with Crippen molar-refractivity contribution in [1.29, 1.82) is 0 Å². The molecular weight excluding hydrogens is 433 g/mol. The Kier molecular flexibility index (Phi) is 6.03. The van der Waals surface area contributed by atoms with Crippen LogP contribution in [0.15, 0.2) is 90.4 Å². The SMILES string of the molecule is C=C1CC=C(B2OC(C)(C)C(C)(C)O2)C=C(c2nc(-c3ccccc3)nc(-c3ccccc3)n2)C1.